The Labute approximate surface area is 112 Å². The van der Waals surface area contributed by atoms with Crippen LogP contribution in [0.5, 0.6) is 5.75 Å². The Morgan fingerprint density at radius 1 is 1.44 bits per heavy atom. The van der Waals surface area contributed by atoms with Crippen molar-refractivity contribution in [1.82, 2.24) is 0 Å². The van der Waals surface area contributed by atoms with Crippen molar-refractivity contribution in [2.45, 2.75) is 20.3 Å². The number of rotatable bonds is 7. The molecule has 0 aliphatic carbocycles. The third-order valence-corrected chi connectivity index (χ3v) is 3.76. The fourth-order valence-electron chi connectivity index (χ4n) is 1.51. The van der Waals surface area contributed by atoms with Crippen LogP contribution in [0, 0.1) is 11.7 Å². The fourth-order valence-corrected chi connectivity index (χ4v) is 2.43. The molecule has 1 aromatic carbocycles. The number of ether oxygens (including phenoxy) is 1. The van der Waals surface area contributed by atoms with Gasteiger partial charge in [0.25, 0.3) is 0 Å². The number of carbonyl (C=O) groups is 1. The number of Topliss-reactive ketones (excluding diaryl/α,β-unsaturated/α-hetero) is 1. The predicted molar refractivity (Wildman–Crippen MR) is 73.8 cm³/mol. The van der Waals surface area contributed by atoms with Gasteiger partial charge in [0.2, 0.25) is 0 Å². The van der Waals surface area contributed by atoms with E-state index in [-0.39, 0.29) is 18.0 Å². The Hall–Kier alpha value is -1.03. The maximum absolute atomic E-state index is 13.4. The Morgan fingerprint density at radius 3 is 2.72 bits per heavy atom. The van der Waals surface area contributed by atoms with Crippen LogP contribution in [0.2, 0.25) is 0 Å². The Bertz CT molecular complexity index is 405. The maximum atomic E-state index is 13.4. The van der Waals surface area contributed by atoms with E-state index < -0.39 is 5.82 Å². The number of methoxy groups -OCH3 is 1. The number of halogens is 1. The highest BCUT2D eigenvalue weighted by molar-refractivity contribution is 7.99. The SMILES string of the molecule is COc1ccc(CC(=O)CSCC(C)C)cc1F. The molecule has 0 aromatic heterocycles. The summed E-state index contributed by atoms with van der Waals surface area (Å²) in [7, 11) is 1.42. The van der Waals surface area contributed by atoms with Gasteiger partial charge in [-0.1, -0.05) is 19.9 Å². The van der Waals surface area contributed by atoms with Crippen LogP contribution >= 0.6 is 11.8 Å². The summed E-state index contributed by atoms with van der Waals surface area (Å²) in [5.41, 5.74) is 0.698. The Balaban J connectivity index is 2.47. The van der Waals surface area contributed by atoms with Crippen molar-refractivity contribution in [2.75, 3.05) is 18.6 Å². The minimum Gasteiger partial charge on any atom is -0.494 e. The lowest BCUT2D eigenvalue weighted by Gasteiger charge is -2.06. The summed E-state index contributed by atoms with van der Waals surface area (Å²) in [4.78, 5) is 11.7. The molecule has 0 saturated carbocycles. The second-order valence-corrected chi connectivity index (χ2v) is 5.62. The van der Waals surface area contributed by atoms with Gasteiger partial charge >= 0.3 is 0 Å². The molecular weight excluding hydrogens is 251 g/mol. The maximum Gasteiger partial charge on any atom is 0.165 e. The average molecular weight is 270 g/mol. The lowest BCUT2D eigenvalue weighted by atomic mass is 10.1. The highest BCUT2D eigenvalue weighted by Crippen LogP contribution is 2.18. The second-order valence-electron chi connectivity index (χ2n) is 4.59. The van der Waals surface area contributed by atoms with Crippen molar-refractivity contribution in [3.8, 4) is 5.75 Å². The first-order valence-corrected chi connectivity index (χ1v) is 7.10. The van der Waals surface area contributed by atoms with Crippen LogP contribution in [0.15, 0.2) is 18.2 Å². The van der Waals surface area contributed by atoms with Gasteiger partial charge in [-0.2, -0.15) is 11.8 Å². The van der Waals surface area contributed by atoms with Gasteiger partial charge in [0.1, 0.15) is 5.78 Å². The van der Waals surface area contributed by atoms with Crippen LogP contribution in [0.4, 0.5) is 4.39 Å². The molecule has 0 spiro atoms. The van der Waals surface area contributed by atoms with Gasteiger partial charge in [0, 0.05) is 6.42 Å². The van der Waals surface area contributed by atoms with Crippen molar-refractivity contribution < 1.29 is 13.9 Å². The lowest BCUT2D eigenvalue weighted by Crippen LogP contribution is -2.07. The summed E-state index contributed by atoms with van der Waals surface area (Å²) in [5.74, 6) is 1.97. The van der Waals surface area contributed by atoms with Crippen LogP contribution in [-0.2, 0) is 11.2 Å². The zero-order valence-corrected chi connectivity index (χ0v) is 11.8. The normalized spacial score (nSPS) is 10.7. The molecular formula is C14H19FO2S. The minimum atomic E-state index is -0.419. The smallest absolute Gasteiger partial charge is 0.165 e. The van der Waals surface area contributed by atoms with Crippen LogP contribution < -0.4 is 4.74 Å². The summed E-state index contributed by atoms with van der Waals surface area (Å²) in [6.45, 7) is 4.24. The van der Waals surface area contributed by atoms with E-state index in [4.69, 9.17) is 4.74 Å². The summed E-state index contributed by atoms with van der Waals surface area (Å²) in [5, 5.41) is 0. The number of benzene rings is 1. The first-order valence-electron chi connectivity index (χ1n) is 5.94. The lowest BCUT2D eigenvalue weighted by molar-refractivity contribution is -0.116. The third kappa shape index (κ3) is 5.08. The molecule has 18 heavy (non-hydrogen) atoms. The highest BCUT2D eigenvalue weighted by atomic mass is 32.2. The fraction of sp³-hybridized carbons (Fsp3) is 0.500. The van der Waals surface area contributed by atoms with Crippen molar-refractivity contribution in [1.29, 1.82) is 0 Å². The summed E-state index contributed by atoms with van der Waals surface area (Å²) >= 11 is 1.63. The largest absolute Gasteiger partial charge is 0.494 e. The molecule has 0 fully saturated rings. The monoisotopic (exact) mass is 270 g/mol. The summed E-state index contributed by atoms with van der Waals surface area (Å²) < 4.78 is 18.2. The first kappa shape index (κ1) is 15.0. The van der Waals surface area contributed by atoms with E-state index in [2.05, 4.69) is 13.8 Å². The number of carbonyl (C=O) groups excluding carboxylic acids is 1. The molecule has 4 heteroatoms. The predicted octanol–water partition coefficient (Wildman–Crippen LogP) is 3.34. The van der Waals surface area contributed by atoms with Gasteiger partial charge in [0.15, 0.2) is 11.6 Å². The minimum absolute atomic E-state index is 0.130. The van der Waals surface area contributed by atoms with Crippen LogP contribution in [0.3, 0.4) is 0 Å². The van der Waals surface area contributed by atoms with Crippen molar-refractivity contribution in [2.24, 2.45) is 5.92 Å². The van der Waals surface area contributed by atoms with Crippen LogP contribution in [-0.4, -0.2) is 24.4 Å². The Morgan fingerprint density at radius 2 is 2.17 bits per heavy atom. The van der Waals surface area contributed by atoms with Gasteiger partial charge in [-0.15, -0.1) is 0 Å². The Kier molecular flexibility index (Phi) is 6.19. The zero-order chi connectivity index (χ0) is 13.5. The molecule has 0 saturated heterocycles. The zero-order valence-electron chi connectivity index (χ0n) is 11.0. The van der Waals surface area contributed by atoms with E-state index in [1.807, 2.05) is 0 Å². The molecule has 0 aliphatic rings. The molecule has 0 atom stereocenters. The molecule has 100 valence electrons. The van der Waals surface area contributed by atoms with Gasteiger partial charge in [-0.3, -0.25) is 4.79 Å². The number of thioether (sulfide) groups is 1. The van der Waals surface area contributed by atoms with Crippen molar-refractivity contribution >= 4 is 17.5 Å². The summed E-state index contributed by atoms with van der Waals surface area (Å²) in [6, 6.07) is 4.65. The molecule has 0 aliphatic heterocycles. The topological polar surface area (TPSA) is 26.3 Å². The van der Waals surface area contributed by atoms with Crippen molar-refractivity contribution in [3.05, 3.63) is 29.6 Å². The second kappa shape index (κ2) is 7.41. The van der Waals surface area contributed by atoms with Gasteiger partial charge in [-0.25, -0.2) is 4.39 Å². The van der Waals surface area contributed by atoms with E-state index in [0.29, 0.717) is 17.2 Å². The molecule has 2 nitrogen and oxygen atoms in total. The quantitative estimate of drug-likeness (QED) is 0.760. The highest BCUT2D eigenvalue weighted by Gasteiger charge is 2.08. The van der Waals surface area contributed by atoms with Gasteiger partial charge in [-0.05, 0) is 29.4 Å². The summed E-state index contributed by atoms with van der Waals surface area (Å²) in [6.07, 6.45) is 0.284. The van der Waals surface area contributed by atoms with E-state index in [0.717, 1.165) is 5.75 Å². The van der Waals surface area contributed by atoms with Gasteiger partial charge < -0.3 is 4.74 Å². The third-order valence-electron chi connectivity index (χ3n) is 2.33. The van der Waals surface area contributed by atoms with E-state index in [1.165, 1.54) is 13.2 Å². The average Bonchev–Trinajstić information content (AvgIpc) is 2.28. The number of ketones is 1. The molecule has 0 heterocycles. The number of hydrogen-bond donors (Lipinski definition) is 0. The van der Waals surface area contributed by atoms with E-state index in [9.17, 15) is 9.18 Å². The standard InChI is InChI=1S/C14H19FO2S/c1-10(2)8-18-9-12(16)6-11-4-5-14(17-3)13(15)7-11/h4-5,7,10H,6,8-9H2,1-3H3. The molecule has 0 N–H and O–H groups in total. The van der Waals surface area contributed by atoms with Crippen LogP contribution in [0.25, 0.3) is 0 Å². The van der Waals surface area contributed by atoms with E-state index in [1.54, 1.807) is 23.9 Å². The molecule has 0 amide bonds. The van der Waals surface area contributed by atoms with Crippen molar-refractivity contribution in [3.63, 3.8) is 0 Å². The molecule has 0 radical (unpaired) electrons. The first-order chi connectivity index (χ1) is 8.52. The van der Waals surface area contributed by atoms with Gasteiger partial charge in [0.05, 0.1) is 12.9 Å². The van der Waals surface area contributed by atoms with E-state index >= 15 is 0 Å². The molecule has 0 unspecified atom stereocenters. The number of hydrogen-bond acceptors (Lipinski definition) is 3. The molecule has 1 aromatic rings. The molecule has 0 bridgehead atoms. The molecule has 1 rings (SSSR count). The van der Waals surface area contributed by atoms with Crippen LogP contribution in [0.1, 0.15) is 19.4 Å².